The summed E-state index contributed by atoms with van der Waals surface area (Å²) in [6.07, 6.45) is 1.67. The van der Waals surface area contributed by atoms with Gasteiger partial charge in [0.2, 0.25) is 0 Å². The largest absolute Gasteiger partial charge is 0.454 e. The number of rotatable bonds is 5. The normalized spacial score (nSPS) is 12.8. The predicted octanol–water partition coefficient (Wildman–Crippen LogP) is 4.67. The van der Waals surface area contributed by atoms with Crippen molar-refractivity contribution >= 4 is 45.1 Å². The number of hydrogen-bond acceptors (Lipinski definition) is 8. The minimum absolute atomic E-state index is 0.132. The second kappa shape index (κ2) is 9.21. The molecule has 0 aliphatic rings. The molecule has 10 nitrogen and oxygen atoms in total. The van der Waals surface area contributed by atoms with Crippen molar-refractivity contribution in [1.29, 1.82) is 0 Å². The van der Waals surface area contributed by atoms with E-state index >= 15 is 0 Å². The molecule has 0 aliphatic carbocycles. The van der Waals surface area contributed by atoms with Crippen molar-refractivity contribution in [3.05, 3.63) is 80.4 Å². The molecule has 0 amide bonds. The first-order chi connectivity index (χ1) is 17.7. The van der Waals surface area contributed by atoms with Gasteiger partial charge in [0.1, 0.15) is 27.6 Å². The summed E-state index contributed by atoms with van der Waals surface area (Å²) in [5, 5.41) is 20.5. The second-order valence-corrected chi connectivity index (χ2v) is 9.25. The van der Waals surface area contributed by atoms with Gasteiger partial charge in [-0.05, 0) is 56.7 Å². The van der Waals surface area contributed by atoms with Gasteiger partial charge in [-0.1, -0.05) is 22.8 Å². The molecule has 11 heteroatoms. The van der Waals surface area contributed by atoms with Gasteiger partial charge in [0, 0.05) is 18.2 Å². The Labute approximate surface area is 216 Å². The highest BCUT2D eigenvalue weighted by Crippen LogP contribution is 2.32. The average molecular weight is 518 g/mol. The molecule has 188 valence electrons. The molecule has 0 fully saturated rings. The lowest BCUT2D eigenvalue weighted by Crippen LogP contribution is -2.19. The summed E-state index contributed by atoms with van der Waals surface area (Å²) in [4.78, 5) is 22.3. The van der Waals surface area contributed by atoms with Gasteiger partial charge in [0.15, 0.2) is 17.0 Å². The minimum Gasteiger partial charge on any atom is -0.454 e. The topological polar surface area (TPSA) is 144 Å². The molecule has 0 saturated heterocycles. The third kappa shape index (κ3) is 4.25. The Hall–Kier alpha value is -4.44. The molecular formula is C26H24ClN7O3. The van der Waals surface area contributed by atoms with E-state index in [1.54, 1.807) is 29.9 Å². The summed E-state index contributed by atoms with van der Waals surface area (Å²) >= 11 is 6.02. The van der Waals surface area contributed by atoms with Gasteiger partial charge in [-0.15, -0.1) is 0 Å². The van der Waals surface area contributed by atoms with Crippen LogP contribution in [-0.2, 0) is 7.05 Å². The molecule has 4 aromatic heterocycles. The van der Waals surface area contributed by atoms with E-state index in [0.29, 0.717) is 39.2 Å². The van der Waals surface area contributed by atoms with E-state index < -0.39 is 0 Å². The van der Waals surface area contributed by atoms with Crippen molar-refractivity contribution in [2.24, 2.45) is 17.9 Å². The van der Waals surface area contributed by atoms with Crippen LogP contribution in [0.2, 0.25) is 5.15 Å². The molecular weight excluding hydrogens is 494 g/mol. The number of amidine groups is 1. The molecule has 1 atom stereocenters. The molecule has 0 aliphatic heterocycles. The van der Waals surface area contributed by atoms with Gasteiger partial charge in [-0.2, -0.15) is 5.10 Å². The van der Waals surface area contributed by atoms with Crippen molar-refractivity contribution in [2.45, 2.75) is 26.8 Å². The number of fused-ring (bicyclic) bond motifs is 2. The van der Waals surface area contributed by atoms with E-state index in [1.165, 1.54) is 0 Å². The lowest BCUT2D eigenvalue weighted by molar-refractivity contribution is 0.318. The zero-order chi connectivity index (χ0) is 26.4. The van der Waals surface area contributed by atoms with Gasteiger partial charge in [-0.3, -0.25) is 9.48 Å². The maximum Gasteiger partial charge on any atom is 0.196 e. The van der Waals surface area contributed by atoms with Crippen LogP contribution in [0.1, 0.15) is 35.3 Å². The van der Waals surface area contributed by atoms with Gasteiger partial charge >= 0.3 is 0 Å². The smallest absolute Gasteiger partial charge is 0.196 e. The fraction of sp³-hybridized carbons (Fsp3) is 0.192. The average Bonchev–Trinajstić information content (AvgIpc) is 3.26. The minimum atomic E-state index is -0.358. The molecule has 5 aromatic rings. The molecule has 0 saturated carbocycles. The van der Waals surface area contributed by atoms with Gasteiger partial charge in [-0.25, -0.2) is 9.97 Å². The summed E-state index contributed by atoms with van der Waals surface area (Å²) < 4.78 is 8.16. The lowest BCUT2D eigenvalue weighted by Gasteiger charge is -2.20. The van der Waals surface area contributed by atoms with Crippen molar-refractivity contribution in [3.63, 3.8) is 0 Å². The van der Waals surface area contributed by atoms with Crippen molar-refractivity contribution < 1.29 is 9.62 Å². The maximum absolute atomic E-state index is 13.5. The lowest BCUT2D eigenvalue weighted by atomic mass is 9.99. The number of nitrogens with two attached hydrogens (primary N) is 1. The maximum atomic E-state index is 13.5. The van der Waals surface area contributed by atoms with E-state index in [4.69, 9.17) is 21.8 Å². The number of hydrogen-bond donors (Lipinski definition) is 3. The highest BCUT2D eigenvalue weighted by molar-refractivity contribution is 6.29. The second-order valence-electron chi connectivity index (χ2n) is 8.87. The first kappa shape index (κ1) is 24.3. The molecule has 0 bridgehead atoms. The third-order valence-electron chi connectivity index (χ3n) is 6.28. The van der Waals surface area contributed by atoms with E-state index in [0.717, 1.165) is 16.6 Å². The molecule has 4 heterocycles. The van der Waals surface area contributed by atoms with Crippen LogP contribution >= 0.6 is 11.6 Å². The summed E-state index contributed by atoms with van der Waals surface area (Å²) in [6.45, 7) is 5.57. The Bertz CT molecular complexity index is 1770. The highest BCUT2D eigenvalue weighted by Gasteiger charge is 2.21. The number of anilines is 1. The van der Waals surface area contributed by atoms with E-state index in [-0.39, 0.29) is 28.2 Å². The van der Waals surface area contributed by atoms with Crippen LogP contribution in [0, 0.1) is 13.8 Å². The van der Waals surface area contributed by atoms with Crippen LogP contribution in [-0.4, -0.2) is 30.8 Å². The zero-order valence-electron chi connectivity index (χ0n) is 20.6. The molecule has 5 rings (SSSR count). The van der Waals surface area contributed by atoms with Crippen LogP contribution in [0.4, 0.5) is 5.69 Å². The predicted molar refractivity (Wildman–Crippen MR) is 143 cm³/mol. The monoisotopic (exact) mass is 517 g/mol. The Kier molecular flexibility index (Phi) is 6.04. The fourth-order valence-corrected chi connectivity index (χ4v) is 4.55. The summed E-state index contributed by atoms with van der Waals surface area (Å²) in [5.74, 6) is 0.207. The molecule has 4 N–H and O–H groups in total. The van der Waals surface area contributed by atoms with E-state index in [9.17, 15) is 10.0 Å². The van der Waals surface area contributed by atoms with Crippen LogP contribution in [0.5, 0.6) is 0 Å². The number of oxime groups is 1. The Morgan fingerprint density at radius 2 is 2.00 bits per heavy atom. The van der Waals surface area contributed by atoms with Gasteiger partial charge < -0.3 is 20.7 Å². The van der Waals surface area contributed by atoms with Crippen LogP contribution in [0.25, 0.3) is 33.5 Å². The number of nitrogens with one attached hydrogen (secondary N) is 1. The molecule has 0 spiro atoms. The first-order valence-corrected chi connectivity index (χ1v) is 11.8. The van der Waals surface area contributed by atoms with Crippen molar-refractivity contribution in [1.82, 2.24) is 19.7 Å². The van der Waals surface area contributed by atoms with Crippen LogP contribution < -0.4 is 16.5 Å². The molecule has 0 radical (unpaired) electrons. The van der Waals surface area contributed by atoms with Gasteiger partial charge in [0.05, 0.1) is 28.8 Å². The number of halogens is 1. The molecule has 1 unspecified atom stereocenters. The first-order valence-electron chi connectivity index (χ1n) is 11.5. The summed E-state index contributed by atoms with van der Waals surface area (Å²) in [6, 6.07) is 10.4. The van der Waals surface area contributed by atoms with Crippen molar-refractivity contribution in [3.8, 4) is 11.5 Å². The van der Waals surface area contributed by atoms with E-state index in [2.05, 4.69) is 25.5 Å². The van der Waals surface area contributed by atoms with Crippen molar-refractivity contribution in [2.75, 3.05) is 5.32 Å². The van der Waals surface area contributed by atoms with Crippen LogP contribution in [0.3, 0.4) is 0 Å². The number of aromatic nitrogens is 4. The number of benzene rings is 1. The number of aryl methyl sites for hydroxylation is 2. The number of pyridine rings is 2. The third-order valence-corrected chi connectivity index (χ3v) is 6.49. The standard InChI is InChI=1S/C26H24ClN7O3/c1-12-9-15(14(3)30-17-6-8-21(27)32-22(17)26(28)33-36)25-16(10-12)23(35)13(2)24(37-25)18-5-7-20-19(31-18)11-29-34(20)4/h5-11,14,30,36H,1-4H3,(H2,28,33). The SMILES string of the molecule is Cc1cc(C(C)Nc2ccc(Cl)nc2C(N)=NO)c2oc(-c3ccc4c(cnn4C)n3)c(C)c(=O)c2c1. The Morgan fingerprint density at radius 3 is 2.76 bits per heavy atom. The number of nitrogens with zero attached hydrogens (tertiary/aromatic N) is 5. The quantitative estimate of drug-likeness (QED) is 0.100. The Morgan fingerprint density at radius 1 is 1.22 bits per heavy atom. The zero-order valence-corrected chi connectivity index (χ0v) is 21.3. The van der Waals surface area contributed by atoms with Gasteiger partial charge in [0.25, 0.3) is 0 Å². The molecule has 1 aromatic carbocycles. The summed E-state index contributed by atoms with van der Waals surface area (Å²) in [7, 11) is 1.84. The fourth-order valence-electron chi connectivity index (χ4n) is 4.41. The van der Waals surface area contributed by atoms with Crippen LogP contribution in [0.15, 0.2) is 57.0 Å². The molecule has 37 heavy (non-hydrogen) atoms. The highest BCUT2D eigenvalue weighted by atomic mass is 35.5. The summed E-state index contributed by atoms with van der Waals surface area (Å²) in [5.41, 5.74) is 11.1. The van der Waals surface area contributed by atoms with E-state index in [1.807, 2.05) is 45.2 Å². The Balaban J connectivity index is 1.66.